The molecule has 0 saturated carbocycles. The van der Waals surface area contributed by atoms with Crippen molar-refractivity contribution in [2.75, 3.05) is 5.32 Å². The molecule has 0 saturated heterocycles. The third-order valence-corrected chi connectivity index (χ3v) is 4.25. The summed E-state index contributed by atoms with van der Waals surface area (Å²) >= 11 is 1.48. The lowest BCUT2D eigenvalue weighted by molar-refractivity contribution is 1.29. The smallest absolute Gasteiger partial charge is 0.281 e. The predicted molar refractivity (Wildman–Crippen MR) is 85.1 cm³/mol. The van der Waals surface area contributed by atoms with Crippen LogP contribution >= 0.6 is 11.3 Å². The first-order valence-electron chi connectivity index (χ1n) is 6.37. The Morgan fingerprint density at radius 2 is 1.85 bits per heavy atom. The number of hydrogen-bond donors (Lipinski definition) is 1. The van der Waals surface area contributed by atoms with Gasteiger partial charge < -0.3 is 5.32 Å². The van der Waals surface area contributed by atoms with E-state index in [1.54, 1.807) is 6.07 Å². The Balaban J connectivity index is 2.02. The Morgan fingerprint density at radius 3 is 2.65 bits per heavy atom. The summed E-state index contributed by atoms with van der Waals surface area (Å²) < 4.78 is 0.943. The van der Waals surface area contributed by atoms with Crippen LogP contribution in [-0.2, 0) is 0 Å². The molecule has 3 aromatic rings. The Bertz CT molecular complexity index is 839. The fourth-order valence-electron chi connectivity index (χ4n) is 2.01. The molecule has 1 aromatic heterocycles. The summed E-state index contributed by atoms with van der Waals surface area (Å²) in [5, 5.41) is 4.50. The van der Waals surface area contributed by atoms with E-state index in [1.807, 2.05) is 24.3 Å². The molecule has 0 atom stereocenters. The van der Waals surface area contributed by atoms with Gasteiger partial charge in [-0.1, -0.05) is 29.5 Å². The zero-order valence-corrected chi connectivity index (χ0v) is 12.1. The summed E-state index contributed by atoms with van der Waals surface area (Å²) in [5.41, 5.74) is 3.22. The second-order valence-corrected chi connectivity index (χ2v) is 5.78. The van der Waals surface area contributed by atoms with E-state index in [1.165, 1.54) is 22.5 Å². The maximum Gasteiger partial charge on any atom is 0.281 e. The van der Waals surface area contributed by atoms with E-state index in [4.69, 9.17) is 0 Å². The van der Waals surface area contributed by atoms with Crippen LogP contribution in [0.1, 0.15) is 11.1 Å². The lowest BCUT2D eigenvalue weighted by Gasteiger charge is -2.07. The van der Waals surface area contributed by atoms with Crippen LogP contribution in [0.25, 0.3) is 10.1 Å². The first-order chi connectivity index (χ1) is 9.63. The van der Waals surface area contributed by atoms with Crippen molar-refractivity contribution in [3.8, 4) is 0 Å². The van der Waals surface area contributed by atoms with E-state index < -0.39 is 0 Å². The SMILES string of the molecule is Cc1ccc(Nc2nc(=O)c3ccccc3s2)cc1C. The fourth-order valence-corrected chi connectivity index (χ4v) is 2.93. The Labute approximate surface area is 120 Å². The van der Waals surface area contributed by atoms with E-state index in [0.717, 1.165) is 10.4 Å². The molecular formula is C16H14N2OS. The quantitative estimate of drug-likeness (QED) is 0.772. The Kier molecular flexibility index (Phi) is 3.24. The van der Waals surface area contributed by atoms with Crippen molar-refractivity contribution in [2.24, 2.45) is 0 Å². The van der Waals surface area contributed by atoms with Gasteiger partial charge in [-0.15, -0.1) is 0 Å². The molecule has 0 aliphatic heterocycles. The molecule has 3 nitrogen and oxygen atoms in total. The monoisotopic (exact) mass is 282 g/mol. The van der Waals surface area contributed by atoms with Gasteiger partial charge in [0.1, 0.15) is 0 Å². The molecule has 0 amide bonds. The van der Waals surface area contributed by atoms with E-state index >= 15 is 0 Å². The van der Waals surface area contributed by atoms with Gasteiger partial charge in [-0.05, 0) is 49.2 Å². The highest BCUT2D eigenvalue weighted by Gasteiger charge is 2.04. The van der Waals surface area contributed by atoms with Gasteiger partial charge in [0.05, 0.1) is 5.39 Å². The molecule has 4 heteroatoms. The predicted octanol–water partition coefficient (Wildman–Crippen LogP) is 4.02. The largest absolute Gasteiger partial charge is 0.331 e. The van der Waals surface area contributed by atoms with Crippen molar-refractivity contribution in [1.29, 1.82) is 0 Å². The van der Waals surface area contributed by atoms with Crippen molar-refractivity contribution in [3.63, 3.8) is 0 Å². The molecule has 1 N–H and O–H groups in total. The van der Waals surface area contributed by atoms with Crippen LogP contribution in [0.15, 0.2) is 47.3 Å². The maximum atomic E-state index is 12.0. The van der Waals surface area contributed by atoms with Crippen LogP contribution in [0.3, 0.4) is 0 Å². The number of nitrogens with one attached hydrogen (secondary N) is 1. The van der Waals surface area contributed by atoms with Crippen LogP contribution in [0.4, 0.5) is 10.8 Å². The van der Waals surface area contributed by atoms with E-state index in [9.17, 15) is 4.79 Å². The number of nitrogens with zero attached hydrogens (tertiary/aromatic N) is 1. The highest BCUT2D eigenvalue weighted by molar-refractivity contribution is 7.21. The lowest BCUT2D eigenvalue weighted by atomic mass is 10.1. The van der Waals surface area contributed by atoms with Crippen LogP contribution in [0.5, 0.6) is 0 Å². The van der Waals surface area contributed by atoms with Crippen molar-refractivity contribution in [3.05, 3.63) is 63.9 Å². The fraction of sp³-hybridized carbons (Fsp3) is 0.125. The maximum absolute atomic E-state index is 12.0. The number of anilines is 2. The third kappa shape index (κ3) is 2.42. The summed E-state index contributed by atoms with van der Waals surface area (Å²) in [4.78, 5) is 16.1. The standard InChI is InChI=1S/C16H14N2OS/c1-10-7-8-12(9-11(10)2)17-16-18-15(19)13-5-3-4-6-14(13)20-16/h3-9H,1-2H3,(H,17,18,19). The molecule has 20 heavy (non-hydrogen) atoms. The van der Waals surface area contributed by atoms with E-state index in [2.05, 4.69) is 36.3 Å². The van der Waals surface area contributed by atoms with E-state index in [-0.39, 0.29) is 5.56 Å². The molecule has 2 aromatic carbocycles. The van der Waals surface area contributed by atoms with Crippen molar-refractivity contribution in [2.45, 2.75) is 13.8 Å². The van der Waals surface area contributed by atoms with Gasteiger partial charge in [-0.25, -0.2) is 0 Å². The van der Waals surface area contributed by atoms with Gasteiger partial charge in [0.2, 0.25) is 0 Å². The van der Waals surface area contributed by atoms with Crippen LogP contribution in [0, 0.1) is 13.8 Å². The van der Waals surface area contributed by atoms with Crippen molar-refractivity contribution >= 4 is 32.2 Å². The third-order valence-electron chi connectivity index (χ3n) is 3.29. The Hall–Kier alpha value is -2.20. The molecule has 0 aliphatic carbocycles. The van der Waals surface area contributed by atoms with Gasteiger partial charge in [-0.2, -0.15) is 4.98 Å². The van der Waals surface area contributed by atoms with Gasteiger partial charge in [0.25, 0.3) is 5.56 Å². The van der Waals surface area contributed by atoms with Gasteiger partial charge in [-0.3, -0.25) is 4.79 Å². The number of rotatable bonds is 2. The molecule has 1 heterocycles. The number of hydrogen-bond acceptors (Lipinski definition) is 4. The zero-order valence-electron chi connectivity index (χ0n) is 11.3. The normalized spacial score (nSPS) is 10.7. The number of fused-ring (bicyclic) bond motifs is 1. The highest BCUT2D eigenvalue weighted by atomic mass is 32.1. The van der Waals surface area contributed by atoms with Crippen LogP contribution < -0.4 is 10.9 Å². The minimum Gasteiger partial charge on any atom is -0.331 e. The van der Waals surface area contributed by atoms with Gasteiger partial charge in [0.15, 0.2) is 5.13 Å². The number of aromatic nitrogens is 1. The van der Waals surface area contributed by atoms with Gasteiger partial charge in [0, 0.05) is 10.4 Å². The zero-order chi connectivity index (χ0) is 14.1. The summed E-state index contributed by atoms with van der Waals surface area (Å²) in [7, 11) is 0. The number of benzene rings is 2. The highest BCUT2D eigenvalue weighted by Crippen LogP contribution is 2.24. The minimum absolute atomic E-state index is 0.189. The molecule has 0 spiro atoms. The summed E-state index contributed by atoms with van der Waals surface area (Å²) in [6, 6.07) is 13.6. The summed E-state index contributed by atoms with van der Waals surface area (Å²) in [6.07, 6.45) is 0. The molecule has 0 radical (unpaired) electrons. The molecule has 0 aliphatic rings. The molecule has 3 rings (SSSR count). The molecular weight excluding hydrogens is 268 g/mol. The van der Waals surface area contributed by atoms with E-state index in [0.29, 0.717) is 10.5 Å². The minimum atomic E-state index is -0.189. The average Bonchev–Trinajstić information content (AvgIpc) is 2.43. The topological polar surface area (TPSA) is 42.0 Å². The second kappa shape index (κ2) is 5.06. The van der Waals surface area contributed by atoms with Crippen LogP contribution in [-0.4, -0.2) is 4.98 Å². The first kappa shape index (κ1) is 12.8. The average molecular weight is 282 g/mol. The summed E-state index contributed by atoms with van der Waals surface area (Å²) in [6.45, 7) is 4.14. The molecule has 0 fully saturated rings. The molecule has 100 valence electrons. The van der Waals surface area contributed by atoms with Crippen molar-refractivity contribution in [1.82, 2.24) is 4.98 Å². The molecule has 0 unspecified atom stereocenters. The Morgan fingerprint density at radius 1 is 1.05 bits per heavy atom. The van der Waals surface area contributed by atoms with Gasteiger partial charge >= 0.3 is 0 Å². The lowest BCUT2D eigenvalue weighted by Crippen LogP contribution is -2.07. The van der Waals surface area contributed by atoms with Crippen LogP contribution in [0.2, 0.25) is 0 Å². The number of aryl methyl sites for hydroxylation is 2. The second-order valence-electron chi connectivity index (χ2n) is 4.74. The van der Waals surface area contributed by atoms with Crippen molar-refractivity contribution < 1.29 is 0 Å². The summed E-state index contributed by atoms with van der Waals surface area (Å²) in [5.74, 6) is 0. The first-order valence-corrected chi connectivity index (χ1v) is 7.19. The molecule has 0 bridgehead atoms.